The predicted octanol–water partition coefficient (Wildman–Crippen LogP) is 2.41. The van der Waals surface area contributed by atoms with Crippen molar-refractivity contribution in [2.45, 2.75) is 32.1 Å². The highest BCUT2D eigenvalue weighted by atomic mass is 16.3. The van der Waals surface area contributed by atoms with E-state index in [-0.39, 0.29) is 0 Å². The van der Waals surface area contributed by atoms with Crippen LogP contribution < -0.4 is 0 Å². The Morgan fingerprint density at radius 2 is 2.31 bits per heavy atom. The molecule has 0 fully saturated rings. The molecule has 0 radical (unpaired) electrons. The van der Waals surface area contributed by atoms with Crippen LogP contribution >= 0.6 is 0 Å². The Morgan fingerprint density at radius 1 is 1.46 bits per heavy atom. The van der Waals surface area contributed by atoms with Gasteiger partial charge in [0.25, 0.3) is 0 Å². The lowest BCUT2D eigenvalue weighted by atomic mass is 9.97. The van der Waals surface area contributed by atoms with Gasteiger partial charge in [-0.25, -0.2) is 0 Å². The van der Waals surface area contributed by atoms with Gasteiger partial charge in [-0.15, -0.1) is 0 Å². The molecule has 0 aliphatic heterocycles. The quantitative estimate of drug-likeness (QED) is 0.733. The first-order valence-corrected chi connectivity index (χ1v) is 5.02. The normalized spacial score (nSPS) is 20.3. The molecule has 0 amide bonds. The van der Waals surface area contributed by atoms with Crippen molar-refractivity contribution >= 4 is 0 Å². The summed E-state index contributed by atoms with van der Waals surface area (Å²) in [6.07, 6.45) is 3.35. The monoisotopic (exact) mass is 176 g/mol. The number of rotatable bonds is 2. The molecular formula is C12H16O. The summed E-state index contributed by atoms with van der Waals surface area (Å²) < 4.78 is 0. The topological polar surface area (TPSA) is 20.2 Å². The Bertz CT molecular complexity index is 304. The summed E-state index contributed by atoms with van der Waals surface area (Å²) in [5.41, 5.74) is 4.42. The first-order valence-electron chi connectivity index (χ1n) is 5.02. The van der Waals surface area contributed by atoms with E-state index in [4.69, 9.17) is 5.11 Å². The molecule has 0 spiro atoms. The molecule has 1 heteroatoms. The third-order valence-corrected chi connectivity index (χ3v) is 3.11. The zero-order valence-corrected chi connectivity index (χ0v) is 8.09. The van der Waals surface area contributed by atoms with Crippen LogP contribution in [0.4, 0.5) is 0 Å². The van der Waals surface area contributed by atoms with E-state index in [0.717, 1.165) is 6.42 Å². The average molecular weight is 176 g/mol. The maximum absolute atomic E-state index is 8.92. The van der Waals surface area contributed by atoms with Crippen molar-refractivity contribution in [3.05, 3.63) is 34.9 Å². The van der Waals surface area contributed by atoms with Crippen LogP contribution in [0.15, 0.2) is 18.2 Å². The molecule has 0 heterocycles. The fourth-order valence-electron chi connectivity index (χ4n) is 2.38. The van der Waals surface area contributed by atoms with Crippen LogP contribution in [0.5, 0.6) is 0 Å². The summed E-state index contributed by atoms with van der Waals surface area (Å²) in [5, 5.41) is 8.92. The molecule has 70 valence electrons. The Hall–Kier alpha value is -0.820. The smallest absolute Gasteiger partial charge is 0.0436 e. The van der Waals surface area contributed by atoms with Gasteiger partial charge in [0.05, 0.1) is 0 Å². The maximum atomic E-state index is 8.92. The second-order valence-electron chi connectivity index (χ2n) is 3.89. The van der Waals surface area contributed by atoms with Crippen LogP contribution in [0, 0.1) is 6.92 Å². The average Bonchev–Trinajstić information content (AvgIpc) is 2.51. The fourth-order valence-corrected chi connectivity index (χ4v) is 2.38. The van der Waals surface area contributed by atoms with Gasteiger partial charge in [-0.2, -0.15) is 0 Å². The van der Waals surface area contributed by atoms with Gasteiger partial charge in [0.1, 0.15) is 0 Å². The lowest BCUT2D eigenvalue weighted by Crippen LogP contribution is -1.96. The van der Waals surface area contributed by atoms with E-state index >= 15 is 0 Å². The van der Waals surface area contributed by atoms with Crippen molar-refractivity contribution in [2.75, 3.05) is 6.61 Å². The summed E-state index contributed by atoms with van der Waals surface area (Å²) >= 11 is 0. The summed E-state index contributed by atoms with van der Waals surface area (Å²) in [7, 11) is 0. The van der Waals surface area contributed by atoms with Gasteiger partial charge in [-0.3, -0.25) is 0 Å². The number of benzene rings is 1. The standard InChI is InChI=1S/C12H16O/c1-9-3-2-4-12-10(7-8-13)5-6-11(9)12/h2-4,10,13H,5-8H2,1H3. The Labute approximate surface area is 79.4 Å². The Balaban J connectivity index is 2.32. The van der Waals surface area contributed by atoms with Gasteiger partial charge < -0.3 is 5.11 Å². The Kier molecular flexibility index (Phi) is 2.36. The molecule has 1 N–H and O–H groups in total. The maximum Gasteiger partial charge on any atom is 0.0436 e. The van der Waals surface area contributed by atoms with E-state index in [1.807, 2.05) is 0 Å². The molecule has 2 rings (SSSR count). The first-order chi connectivity index (χ1) is 6.33. The van der Waals surface area contributed by atoms with E-state index < -0.39 is 0 Å². The van der Waals surface area contributed by atoms with Crippen LogP contribution in [0.25, 0.3) is 0 Å². The molecule has 1 aliphatic rings. The molecule has 13 heavy (non-hydrogen) atoms. The summed E-state index contributed by atoms with van der Waals surface area (Å²) in [6.45, 7) is 2.50. The zero-order valence-electron chi connectivity index (χ0n) is 8.09. The highest BCUT2D eigenvalue weighted by Crippen LogP contribution is 2.36. The highest BCUT2D eigenvalue weighted by molar-refractivity contribution is 5.40. The van der Waals surface area contributed by atoms with Crippen molar-refractivity contribution < 1.29 is 5.11 Å². The van der Waals surface area contributed by atoms with Crippen LogP contribution in [0.2, 0.25) is 0 Å². The summed E-state index contributed by atoms with van der Waals surface area (Å²) in [5.74, 6) is 0.611. The van der Waals surface area contributed by atoms with Gasteiger partial charge in [0, 0.05) is 6.61 Å². The van der Waals surface area contributed by atoms with Crippen molar-refractivity contribution in [1.29, 1.82) is 0 Å². The molecule has 1 aromatic carbocycles. The van der Waals surface area contributed by atoms with E-state index in [9.17, 15) is 0 Å². The number of aryl methyl sites for hydroxylation is 1. The molecular weight excluding hydrogens is 160 g/mol. The van der Waals surface area contributed by atoms with E-state index in [1.54, 1.807) is 0 Å². The van der Waals surface area contributed by atoms with Crippen molar-refractivity contribution in [2.24, 2.45) is 0 Å². The second kappa shape index (κ2) is 3.51. The number of hydrogen-bond acceptors (Lipinski definition) is 1. The van der Waals surface area contributed by atoms with Crippen molar-refractivity contribution in [1.82, 2.24) is 0 Å². The van der Waals surface area contributed by atoms with Crippen LogP contribution in [-0.2, 0) is 6.42 Å². The first kappa shape index (κ1) is 8.76. The number of fused-ring (bicyclic) bond motifs is 1. The minimum atomic E-state index is 0.318. The third kappa shape index (κ3) is 1.49. The molecule has 0 saturated heterocycles. The third-order valence-electron chi connectivity index (χ3n) is 3.11. The summed E-state index contributed by atoms with van der Waals surface area (Å²) in [6, 6.07) is 6.53. The molecule has 0 bridgehead atoms. The molecule has 0 aromatic heterocycles. The minimum absolute atomic E-state index is 0.318. The van der Waals surface area contributed by atoms with Gasteiger partial charge in [-0.1, -0.05) is 18.2 Å². The molecule has 1 unspecified atom stereocenters. The molecule has 1 nitrogen and oxygen atoms in total. The van der Waals surface area contributed by atoms with Gasteiger partial charge in [0.15, 0.2) is 0 Å². The number of aliphatic hydroxyl groups excluding tert-OH is 1. The lowest BCUT2D eigenvalue weighted by molar-refractivity contribution is 0.275. The van der Waals surface area contributed by atoms with Crippen LogP contribution in [0.3, 0.4) is 0 Å². The minimum Gasteiger partial charge on any atom is -0.396 e. The van der Waals surface area contributed by atoms with Crippen molar-refractivity contribution in [3.8, 4) is 0 Å². The fraction of sp³-hybridized carbons (Fsp3) is 0.500. The molecule has 1 aliphatic carbocycles. The number of hydrogen-bond donors (Lipinski definition) is 1. The Morgan fingerprint density at radius 3 is 3.08 bits per heavy atom. The molecule has 1 aromatic rings. The second-order valence-corrected chi connectivity index (χ2v) is 3.89. The molecule has 1 atom stereocenters. The van der Waals surface area contributed by atoms with Crippen LogP contribution in [0.1, 0.15) is 35.4 Å². The van der Waals surface area contributed by atoms with Crippen molar-refractivity contribution in [3.63, 3.8) is 0 Å². The largest absolute Gasteiger partial charge is 0.396 e. The van der Waals surface area contributed by atoms with E-state index in [2.05, 4.69) is 25.1 Å². The van der Waals surface area contributed by atoms with Gasteiger partial charge >= 0.3 is 0 Å². The van der Waals surface area contributed by atoms with E-state index in [0.29, 0.717) is 12.5 Å². The predicted molar refractivity (Wildman–Crippen MR) is 53.9 cm³/mol. The van der Waals surface area contributed by atoms with E-state index in [1.165, 1.54) is 29.5 Å². The molecule has 0 saturated carbocycles. The lowest BCUT2D eigenvalue weighted by Gasteiger charge is -2.09. The SMILES string of the molecule is Cc1cccc2c1CCC2CCO. The summed E-state index contributed by atoms with van der Waals surface area (Å²) in [4.78, 5) is 0. The zero-order chi connectivity index (χ0) is 9.26. The number of aliphatic hydroxyl groups is 1. The highest BCUT2D eigenvalue weighted by Gasteiger charge is 2.22. The van der Waals surface area contributed by atoms with Gasteiger partial charge in [0.2, 0.25) is 0 Å². The van der Waals surface area contributed by atoms with Crippen LogP contribution in [-0.4, -0.2) is 11.7 Å². The van der Waals surface area contributed by atoms with Gasteiger partial charge in [-0.05, 0) is 48.8 Å².